The fraction of sp³-hybridized carbons (Fsp3) is 0.346. The monoisotopic (exact) mass is 430 g/mol. The number of anilines is 1. The maximum atomic E-state index is 13.9. The topological polar surface area (TPSA) is 49.3 Å². The lowest BCUT2D eigenvalue weighted by Crippen LogP contribution is -2.49. The number of amides is 1. The van der Waals surface area contributed by atoms with Crippen LogP contribution in [0.15, 0.2) is 54.6 Å². The van der Waals surface area contributed by atoms with Gasteiger partial charge in [-0.1, -0.05) is 42.5 Å². The molecule has 3 aromatic rings. The van der Waals surface area contributed by atoms with E-state index in [2.05, 4.69) is 17.0 Å². The van der Waals surface area contributed by atoms with Crippen molar-refractivity contribution in [3.63, 3.8) is 0 Å². The van der Waals surface area contributed by atoms with E-state index in [1.54, 1.807) is 6.07 Å². The van der Waals surface area contributed by atoms with Crippen LogP contribution in [0.3, 0.4) is 0 Å². The molecular formula is C26H27FN4O. The van der Waals surface area contributed by atoms with E-state index in [9.17, 15) is 9.18 Å². The molecule has 1 amide bonds. The highest BCUT2D eigenvalue weighted by Gasteiger charge is 2.35. The van der Waals surface area contributed by atoms with E-state index in [1.807, 2.05) is 36.1 Å². The molecule has 0 N–H and O–H groups in total. The van der Waals surface area contributed by atoms with Gasteiger partial charge in [-0.15, -0.1) is 0 Å². The molecule has 1 aliphatic carbocycles. The Labute approximate surface area is 187 Å². The molecule has 164 valence electrons. The van der Waals surface area contributed by atoms with Gasteiger partial charge in [0.2, 0.25) is 5.91 Å². The van der Waals surface area contributed by atoms with Gasteiger partial charge in [-0.3, -0.25) is 4.79 Å². The fourth-order valence-electron chi connectivity index (χ4n) is 4.33. The molecule has 2 aromatic carbocycles. The molecule has 0 unspecified atom stereocenters. The first-order valence-electron chi connectivity index (χ1n) is 11.3. The third kappa shape index (κ3) is 4.35. The van der Waals surface area contributed by atoms with Crippen molar-refractivity contribution in [2.75, 3.05) is 31.1 Å². The molecule has 1 saturated carbocycles. The number of halogens is 1. The van der Waals surface area contributed by atoms with E-state index in [1.165, 1.54) is 17.7 Å². The molecule has 32 heavy (non-hydrogen) atoms. The highest BCUT2D eigenvalue weighted by Crippen LogP contribution is 2.32. The van der Waals surface area contributed by atoms with Crippen molar-refractivity contribution in [2.45, 2.75) is 26.2 Å². The number of hydrogen-bond donors (Lipinski definition) is 0. The molecular weight excluding hydrogens is 403 g/mol. The Bertz CT molecular complexity index is 1120. The summed E-state index contributed by atoms with van der Waals surface area (Å²) in [6.45, 7) is 4.88. The van der Waals surface area contributed by atoms with Crippen molar-refractivity contribution in [1.82, 2.24) is 14.9 Å². The smallest absolute Gasteiger partial charge is 0.225 e. The fourth-order valence-corrected chi connectivity index (χ4v) is 4.33. The van der Waals surface area contributed by atoms with E-state index >= 15 is 0 Å². The van der Waals surface area contributed by atoms with Crippen molar-refractivity contribution in [1.29, 1.82) is 0 Å². The van der Waals surface area contributed by atoms with E-state index in [0.29, 0.717) is 30.4 Å². The summed E-state index contributed by atoms with van der Waals surface area (Å²) in [7, 11) is 0. The molecule has 1 saturated heterocycles. The molecule has 1 aromatic heterocycles. The third-order valence-corrected chi connectivity index (χ3v) is 6.32. The Morgan fingerprint density at radius 3 is 2.44 bits per heavy atom. The number of hydrogen-bond acceptors (Lipinski definition) is 4. The number of benzene rings is 2. The number of nitrogens with zero attached hydrogens (tertiary/aromatic N) is 4. The van der Waals surface area contributed by atoms with E-state index in [4.69, 9.17) is 9.97 Å². The Hall–Kier alpha value is -3.28. The average Bonchev–Trinajstić information content (AvgIpc) is 3.66. The predicted octanol–water partition coefficient (Wildman–Crippen LogP) is 4.24. The molecule has 6 heteroatoms. The molecule has 0 atom stereocenters. The van der Waals surface area contributed by atoms with Gasteiger partial charge in [-0.25, -0.2) is 14.4 Å². The van der Waals surface area contributed by atoms with Gasteiger partial charge in [0.1, 0.15) is 11.6 Å². The molecule has 1 aliphatic heterocycles. The van der Waals surface area contributed by atoms with Gasteiger partial charge in [-0.05, 0) is 37.5 Å². The third-order valence-electron chi connectivity index (χ3n) is 6.32. The first kappa shape index (κ1) is 20.6. The predicted molar refractivity (Wildman–Crippen MR) is 123 cm³/mol. The number of aromatic nitrogens is 2. The molecule has 0 bridgehead atoms. The molecule has 2 fully saturated rings. The average molecular weight is 431 g/mol. The lowest BCUT2D eigenvalue weighted by molar-refractivity contribution is -0.132. The van der Waals surface area contributed by atoms with Crippen LogP contribution >= 0.6 is 0 Å². The van der Waals surface area contributed by atoms with Gasteiger partial charge in [0.15, 0.2) is 5.82 Å². The number of carbonyl (C=O) groups is 1. The summed E-state index contributed by atoms with van der Waals surface area (Å²) >= 11 is 0. The minimum atomic E-state index is -0.300. The largest absolute Gasteiger partial charge is 0.353 e. The zero-order valence-electron chi connectivity index (χ0n) is 18.3. The summed E-state index contributed by atoms with van der Waals surface area (Å²) in [5.74, 6) is 1.67. The van der Waals surface area contributed by atoms with Gasteiger partial charge in [0, 0.05) is 55.3 Å². The van der Waals surface area contributed by atoms with Crippen molar-refractivity contribution < 1.29 is 9.18 Å². The minimum Gasteiger partial charge on any atom is -0.353 e. The van der Waals surface area contributed by atoms with Crippen LogP contribution in [-0.2, 0) is 11.2 Å². The molecule has 0 spiro atoms. The van der Waals surface area contributed by atoms with E-state index in [0.717, 1.165) is 49.4 Å². The molecule has 0 radical (unpaired) electrons. The van der Waals surface area contributed by atoms with Gasteiger partial charge >= 0.3 is 0 Å². The van der Waals surface area contributed by atoms with Gasteiger partial charge in [0.05, 0.1) is 0 Å². The standard InChI is InChI=1S/C26H27FN4O/c1-18-23(16-19-6-3-2-4-7-19)25(29-24(28-18)21-8-5-9-22(27)17-21)30-12-14-31(15-13-30)26(32)20-10-11-20/h2-9,17,20H,10-16H2,1H3. The van der Waals surface area contributed by atoms with Crippen LogP contribution in [0.5, 0.6) is 0 Å². The molecule has 2 heterocycles. The first-order chi connectivity index (χ1) is 15.6. The van der Waals surface area contributed by atoms with Crippen LogP contribution in [0.4, 0.5) is 10.2 Å². The van der Waals surface area contributed by atoms with Crippen LogP contribution in [-0.4, -0.2) is 47.0 Å². The van der Waals surface area contributed by atoms with E-state index in [-0.39, 0.29) is 11.7 Å². The highest BCUT2D eigenvalue weighted by molar-refractivity contribution is 5.81. The van der Waals surface area contributed by atoms with Crippen LogP contribution in [0, 0.1) is 18.7 Å². The van der Waals surface area contributed by atoms with Crippen molar-refractivity contribution in [3.05, 3.63) is 77.2 Å². The second-order valence-corrected chi connectivity index (χ2v) is 8.69. The van der Waals surface area contributed by atoms with E-state index < -0.39 is 0 Å². The molecule has 5 nitrogen and oxygen atoms in total. The Morgan fingerprint density at radius 1 is 1.00 bits per heavy atom. The first-order valence-corrected chi connectivity index (χ1v) is 11.3. The van der Waals surface area contributed by atoms with Gasteiger partial charge in [0.25, 0.3) is 0 Å². The summed E-state index contributed by atoms with van der Waals surface area (Å²) in [6.07, 6.45) is 2.79. The second-order valence-electron chi connectivity index (χ2n) is 8.69. The van der Waals surface area contributed by atoms with Gasteiger partial charge < -0.3 is 9.80 Å². The Balaban J connectivity index is 1.48. The number of piperazine rings is 1. The maximum Gasteiger partial charge on any atom is 0.225 e. The lowest BCUT2D eigenvalue weighted by Gasteiger charge is -2.36. The Morgan fingerprint density at radius 2 is 1.75 bits per heavy atom. The van der Waals surface area contributed by atoms with Gasteiger partial charge in [-0.2, -0.15) is 0 Å². The number of aryl methyl sites for hydroxylation is 1. The summed E-state index contributed by atoms with van der Waals surface area (Å²) in [4.78, 5) is 26.4. The zero-order valence-corrected chi connectivity index (χ0v) is 18.3. The summed E-state index contributed by atoms with van der Waals surface area (Å²) < 4.78 is 13.9. The summed E-state index contributed by atoms with van der Waals surface area (Å²) in [6, 6.07) is 16.7. The lowest BCUT2D eigenvalue weighted by atomic mass is 10.0. The molecule has 2 aliphatic rings. The SMILES string of the molecule is Cc1nc(-c2cccc(F)c2)nc(N2CCN(C(=O)C3CC3)CC2)c1Cc1ccccc1. The summed E-state index contributed by atoms with van der Waals surface area (Å²) in [5, 5.41) is 0. The number of carbonyl (C=O) groups excluding carboxylic acids is 1. The molecule has 5 rings (SSSR count). The maximum absolute atomic E-state index is 13.9. The number of rotatable bonds is 5. The Kier molecular flexibility index (Phi) is 5.60. The van der Waals surface area contributed by atoms with Crippen molar-refractivity contribution in [3.8, 4) is 11.4 Å². The quantitative estimate of drug-likeness (QED) is 0.608. The normalized spacial score (nSPS) is 16.3. The minimum absolute atomic E-state index is 0.246. The highest BCUT2D eigenvalue weighted by atomic mass is 19.1. The summed E-state index contributed by atoms with van der Waals surface area (Å²) in [5.41, 5.74) is 3.84. The second kappa shape index (κ2) is 8.69. The van der Waals surface area contributed by atoms with Crippen molar-refractivity contribution in [2.24, 2.45) is 5.92 Å². The van der Waals surface area contributed by atoms with Crippen molar-refractivity contribution >= 4 is 11.7 Å². The van der Waals surface area contributed by atoms with Crippen LogP contribution in [0.1, 0.15) is 29.7 Å². The van der Waals surface area contributed by atoms with Crippen LogP contribution in [0.2, 0.25) is 0 Å². The van der Waals surface area contributed by atoms with Crippen LogP contribution in [0.25, 0.3) is 11.4 Å². The zero-order chi connectivity index (χ0) is 22.1. The van der Waals surface area contributed by atoms with Crippen LogP contribution < -0.4 is 4.90 Å².